The number of anilines is 1. The number of aryl methyl sites for hydroxylation is 1. The summed E-state index contributed by atoms with van der Waals surface area (Å²) in [6.45, 7) is 9.40. The largest absolute Gasteiger partial charge is 0.352 e. The van der Waals surface area contributed by atoms with Crippen LogP contribution in [0.3, 0.4) is 0 Å². The molecule has 0 spiro atoms. The van der Waals surface area contributed by atoms with Crippen LogP contribution >= 0.6 is 0 Å². The summed E-state index contributed by atoms with van der Waals surface area (Å²) in [6, 6.07) is 2.06. The van der Waals surface area contributed by atoms with E-state index in [2.05, 4.69) is 41.1 Å². The Morgan fingerprint density at radius 1 is 1.33 bits per heavy atom. The third-order valence-corrected chi connectivity index (χ3v) is 3.85. The number of likely N-dealkylation sites (N-methyl/N-ethyl adjacent to an activating group) is 1. The van der Waals surface area contributed by atoms with Gasteiger partial charge in [-0.2, -0.15) is 0 Å². The average Bonchev–Trinajstić information content (AvgIpc) is 2.46. The number of nitrogens with one attached hydrogen (secondary N) is 1. The summed E-state index contributed by atoms with van der Waals surface area (Å²) in [7, 11) is 2.07. The van der Waals surface area contributed by atoms with E-state index >= 15 is 0 Å². The van der Waals surface area contributed by atoms with E-state index in [0.29, 0.717) is 17.7 Å². The maximum Gasteiger partial charge on any atom is 0.272 e. The molecule has 1 aromatic heterocycles. The Morgan fingerprint density at radius 2 is 2.00 bits per heavy atom. The molecule has 1 aromatic rings. The lowest BCUT2D eigenvalue weighted by Gasteiger charge is -2.32. The molecule has 0 bridgehead atoms. The zero-order chi connectivity index (χ0) is 15.4. The summed E-state index contributed by atoms with van der Waals surface area (Å²) in [5.74, 6) is 0.544. The second-order valence-electron chi connectivity index (χ2n) is 5.77. The number of aromatic nitrogens is 2. The number of hydrogen-bond donors (Lipinski definition) is 1. The van der Waals surface area contributed by atoms with Crippen LogP contribution in [0, 0.1) is 6.92 Å². The van der Waals surface area contributed by atoms with E-state index in [4.69, 9.17) is 0 Å². The van der Waals surface area contributed by atoms with Gasteiger partial charge in [0.1, 0.15) is 5.69 Å². The average molecular weight is 291 g/mol. The Labute approximate surface area is 126 Å². The van der Waals surface area contributed by atoms with Gasteiger partial charge in [0.15, 0.2) is 0 Å². The molecule has 1 N–H and O–H groups in total. The molecule has 1 atom stereocenters. The Balaban J connectivity index is 2.13. The third kappa shape index (κ3) is 4.14. The molecule has 0 aromatic carbocycles. The Kier molecular flexibility index (Phi) is 5.12. The van der Waals surface area contributed by atoms with Gasteiger partial charge >= 0.3 is 0 Å². The van der Waals surface area contributed by atoms with E-state index in [9.17, 15) is 4.79 Å². The highest BCUT2D eigenvalue weighted by atomic mass is 16.2. The van der Waals surface area contributed by atoms with E-state index < -0.39 is 0 Å². The normalized spacial score (nSPS) is 17.6. The minimum absolute atomic E-state index is 0.000742. The molecule has 21 heavy (non-hydrogen) atoms. The van der Waals surface area contributed by atoms with E-state index in [1.54, 1.807) is 6.07 Å². The molecular weight excluding hydrogens is 266 g/mol. The minimum Gasteiger partial charge on any atom is -0.352 e. The number of amides is 1. The summed E-state index contributed by atoms with van der Waals surface area (Å²) < 4.78 is 0. The summed E-state index contributed by atoms with van der Waals surface area (Å²) in [4.78, 5) is 25.4. The molecule has 1 unspecified atom stereocenters. The quantitative estimate of drug-likeness (QED) is 0.908. The fourth-order valence-electron chi connectivity index (χ4n) is 2.24. The molecule has 1 fully saturated rings. The Bertz CT molecular complexity index is 497. The van der Waals surface area contributed by atoms with E-state index in [1.807, 2.05) is 11.8 Å². The van der Waals surface area contributed by atoms with Gasteiger partial charge in [0.25, 0.3) is 5.91 Å². The first-order valence-electron chi connectivity index (χ1n) is 7.59. The Morgan fingerprint density at radius 3 is 2.62 bits per heavy atom. The molecule has 6 nitrogen and oxygen atoms in total. The maximum atomic E-state index is 12.6. The molecule has 0 radical (unpaired) electrons. The molecule has 1 aliphatic rings. The fourth-order valence-corrected chi connectivity index (χ4v) is 2.24. The maximum absolute atomic E-state index is 12.6. The molecule has 6 heteroatoms. The molecule has 1 amide bonds. The van der Waals surface area contributed by atoms with E-state index in [1.165, 1.54) is 0 Å². The lowest BCUT2D eigenvalue weighted by molar-refractivity contribution is 0.0658. The van der Waals surface area contributed by atoms with Crippen LogP contribution in [0.5, 0.6) is 0 Å². The SMILES string of the molecule is CCC(C)Nc1nc(C)cc(C(=O)N2CCN(C)CC2)n1. The molecule has 1 saturated heterocycles. The number of piperazine rings is 1. The van der Waals surface area contributed by atoms with Crippen molar-refractivity contribution in [3.05, 3.63) is 17.5 Å². The predicted molar refractivity (Wildman–Crippen MR) is 83.5 cm³/mol. The van der Waals surface area contributed by atoms with Crippen molar-refractivity contribution >= 4 is 11.9 Å². The van der Waals surface area contributed by atoms with Gasteiger partial charge in [-0.25, -0.2) is 9.97 Å². The van der Waals surface area contributed by atoms with Gasteiger partial charge in [0.05, 0.1) is 0 Å². The molecule has 2 heterocycles. The molecular formula is C15H25N5O. The van der Waals surface area contributed by atoms with E-state index in [0.717, 1.165) is 38.3 Å². The highest BCUT2D eigenvalue weighted by Crippen LogP contribution is 2.11. The van der Waals surface area contributed by atoms with Gasteiger partial charge in [0.2, 0.25) is 5.95 Å². The van der Waals surface area contributed by atoms with Gasteiger partial charge in [-0.3, -0.25) is 4.79 Å². The van der Waals surface area contributed by atoms with Crippen LogP contribution in [0.4, 0.5) is 5.95 Å². The van der Waals surface area contributed by atoms with Crippen molar-refractivity contribution in [2.75, 3.05) is 38.5 Å². The van der Waals surface area contributed by atoms with Gasteiger partial charge in [-0.1, -0.05) is 6.92 Å². The number of nitrogens with zero attached hydrogens (tertiary/aromatic N) is 4. The highest BCUT2D eigenvalue weighted by molar-refractivity contribution is 5.92. The minimum atomic E-state index is 0.000742. The van der Waals surface area contributed by atoms with Crippen LogP contribution < -0.4 is 5.32 Å². The number of carbonyl (C=O) groups is 1. The smallest absolute Gasteiger partial charge is 0.272 e. The van der Waals surface area contributed by atoms with Crippen molar-refractivity contribution < 1.29 is 4.79 Å². The first-order valence-corrected chi connectivity index (χ1v) is 7.59. The summed E-state index contributed by atoms with van der Waals surface area (Å²) in [5.41, 5.74) is 1.30. The van der Waals surface area contributed by atoms with Crippen LogP contribution in [-0.2, 0) is 0 Å². The molecule has 0 saturated carbocycles. The van der Waals surface area contributed by atoms with Crippen LogP contribution in [0.25, 0.3) is 0 Å². The molecule has 1 aliphatic heterocycles. The van der Waals surface area contributed by atoms with Crippen molar-refractivity contribution in [3.63, 3.8) is 0 Å². The molecule has 2 rings (SSSR count). The Hall–Kier alpha value is -1.69. The number of rotatable bonds is 4. The van der Waals surface area contributed by atoms with Crippen molar-refractivity contribution in [2.24, 2.45) is 0 Å². The second-order valence-corrected chi connectivity index (χ2v) is 5.77. The standard InChI is InChI=1S/C15H25N5O/c1-5-11(2)16-15-17-12(3)10-13(18-15)14(21)20-8-6-19(4)7-9-20/h10-11H,5-9H2,1-4H3,(H,16,17,18). The highest BCUT2D eigenvalue weighted by Gasteiger charge is 2.22. The van der Waals surface area contributed by atoms with Gasteiger partial charge in [-0.05, 0) is 33.4 Å². The van der Waals surface area contributed by atoms with E-state index in [-0.39, 0.29) is 5.91 Å². The van der Waals surface area contributed by atoms with Crippen molar-refractivity contribution in [2.45, 2.75) is 33.2 Å². The number of hydrogen-bond acceptors (Lipinski definition) is 5. The first-order chi connectivity index (χ1) is 9.99. The van der Waals surface area contributed by atoms with Crippen molar-refractivity contribution in [3.8, 4) is 0 Å². The zero-order valence-electron chi connectivity index (χ0n) is 13.4. The second kappa shape index (κ2) is 6.85. The van der Waals surface area contributed by atoms with Crippen LogP contribution in [-0.4, -0.2) is 64.9 Å². The van der Waals surface area contributed by atoms with Gasteiger partial charge < -0.3 is 15.1 Å². The summed E-state index contributed by atoms with van der Waals surface area (Å²) in [5, 5.41) is 3.24. The lowest BCUT2D eigenvalue weighted by Crippen LogP contribution is -2.47. The van der Waals surface area contributed by atoms with Gasteiger partial charge in [0, 0.05) is 37.9 Å². The van der Waals surface area contributed by atoms with Crippen LogP contribution in [0.1, 0.15) is 36.5 Å². The topological polar surface area (TPSA) is 61.4 Å². The number of carbonyl (C=O) groups excluding carboxylic acids is 1. The molecule has 0 aliphatic carbocycles. The zero-order valence-corrected chi connectivity index (χ0v) is 13.4. The summed E-state index contributed by atoms with van der Waals surface area (Å²) >= 11 is 0. The first kappa shape index (κ1) is 15.7. The van der Waals surface area contributed by atoms with Crippen molar-refractivity contribution in [1.82, 2.24) is 19.8 Å². The van der Waals surface area contributed by atoms with Crippen LogP contribution in [0.2, 0.25) is 0 Å². The monoisotopic (exact) mass is 291 g/mol. The van der Waals surface area contributed by atoms with Crippen LogP contribution in [0.15, 0.2) is 6.07 Å². The molecule has 116 valence electrons. The van der Waals surface area contributed by atoms with Crippen molar-refractivity contribution in [1.29, 1.82) is 0 Å². The fraction of sp³-hybridized carbons (Fsp3) is 0.667. The summed E-state index contributed by atoms with van der Waals surface area (Å²) in [6.07, 6.45) is 0.985. The van der Waals surface area contributed by atoms with Gasteiger partial charge in [-0.15, -0.1) is 0 Å². The third-order valence-electron chi connectivity index (χ3n) is 3.85. The predicted octanol–water partition coefficient (Wildman–Crippen LogP) is 1.38. The lowest BCUT2D eigenvalue weighted by atomic mass is 10.2.